The van der Waals surface area contributed by atoms with Crippen molar-refractivity contribution in [3.8, 4) is 0 Å². The van der Waals surface area contributed by atoms with Gasteiger partial charge in [0.1, 0.15) is 17.5 Å². The van der Waals surface area contributed by atoms with E-state index in [4.69, 9.17) is 4.98 Å². The van der Waals surface area contributed by atoms with Gasteiger partial charge >= 0.3 is 0 Å². The highest BCUT2D eigenvalue weighted by Crippen LogP contribution is 2.33. The third kappa shape index (κ3) is 3.23. The lowest BCUT2D eigenvalue weighted by molar-refractivity contribution is 0.461. The standard InChI is InChI=1S/C18H26N6/c1-22(2)16-10-19-11-17(21-16)23-8-3-4-15(13-23)18-20-7-9-24(18)12-14-5-6-14/h7,9-11,14-15H,3-6,8,12-13H2,1-2H3/t15-/m0/s1. The highest BCUT2D eigenvalue weighted by atomic mass is 15.2. The Balaban J connectivity index is 1.51. The molecule has 0 amide bonds. The molecule has 0 unspecified atom stereocenters. The van der Waals surface area contributed by atoms with Crippen LogP contribution in [0.3, 0.4) is 0 Å². The molecule has 6 heteroatoms. The third-order valence-corrected chi connectivity index (χ3v) is 5.08. The van der Waals surface area contributed by atoms with Gasteiger partial charge in [0.15, 0.2) is 0 Å². The molecule has 0 radical (unpaired) electrons. The second kappa shape index (κ2) is 6.42. The van der Waals surface area contributed by atoms with Crippen LogP contribution in [0.2, 0.25) is 0 Å². The summed E-state index contributed by atoms with van der Waals surface area (Å²) in [6, 6.07) is 0. The van der Waals surface area contributed by atoms with Gasteiger partial charge in [0.25, 0.3) is 0 Å². The average Bonchev–Trinajstić information content (AvgIpc) is 3.30. The average molecular weight is 326 g/mol. The first-order valence-corrected chi connectivity index (χ1v) is 8.96. The fourth-order valence-electron chi connectivity index (χ4n) is 3.52. The van der Waals surface area contributed by atoms with E-state index in [1.54, 1.807) is 0 Å². The van der Waals surface area contributed by atoms with Crippen molar-refractivity contribution in [1.29, 1.82) is 0 Å². The van der Waals surface area contributed by atoms with E-state index in [0.717, 1.165) is 37.2 Å². The number of rotatable bonds is 5. The summed E-state index contributed by atoms with van der Waals surface area (Å²) in [5, 5.41) is 0. The summed E-state index contributed by atoms with van der Waals surface area (Å²) in [7, 11) is 4.00. The molecule has 0 N–H and O–H groups in total. The second-order valence-corrected chi connectivity index (χ2v) is 7.30. The van der Waals surface area contributed by atoms with Gasteiger partial charge in [-0.3, -0.25) is 4.98 Å². The van der Waals surface area contributed by atoms with E-state index in [1.807, 2.05) is 37.6 Å². The molecule has 2 aromatic heterocycles. The van der Waals surface area contributed by atoms with Crippen LogP contribution in [0.15, 0.2) is 24.8 Å². The van der Waals surface area contributed by atoms with Crippen molar-refractivity contribution in [3.63, 3.8) is 0 Å². The second-order valence-electron chi connectivity index (χ2n) is 7.30. The van der Waals surface area contributed by atoms with Gasteiger partial charge in [0.2, 0.25) is 0 Å². The van der Waals surface area contributed by atoms with E-state index in [-0.39, 0.29) is 0 Å². The Bertz CT molecular complexity index is 690. The van der Waals surface area contributed by atoms with Crippen LogP contribution < -0.4 is 9.80 Å². The minimum atomic E-state index is 0.484. The first-order chi connectivity index (χ1) is 11.7. The van der Waals surface area contributed by atoms with Crippen LogP contribution in [-0.4, -0.2) is 46.7 Å². The topological polar surface area (TPSA) is 50.1 Å². The normalized spacial score (nSPS) is 21.1. The van der Waals surface area contributed by atoms with Crippen LogP contribution in [-0.2, 0) is 6.54 Å². The third-order valence-electron chi connectivity index (χ3n) is 5.08. The minimum Gasteiger partial charge on any atom is -0.361 e. The monoisotopic (exact) mass is 326 g/mol. The molecule has 1 atom stereocenters. The van der Waals surface area contributed by atoms with E-state index in [2.05, 4.69) is 25.6 Å². The van der Waals surface area contributed by atoms with E-state index >= 15 is 0 Å². The van der Waals surface area contributed by atoms with E-state index < -0.39 is 0 Å². The van der Waals surface area contributed by atoms with Crippen molar-refractivity contribution in [3.05, 3.63) is 30.6 Å². The van der Waals surface area contributed by atoms with Gasteiger partial charge in [-0.1, -0.05) is 0 Å². The summed E-state index contributed by atoms with van der Waals surface area (Å²) in [5.41, 5.74) is 0. The Morgan fingerprint density at radius 3 is 2.88 bits per heavy atom. The molecule has 3 heterocycles. The molecule has 24 heavy (non-hydrogen) atoms. The van der Waals surface area contributed by atoms with Gasteiger partial charge in [-0.25, -0.2) is 9.97 Å². The number of piperidine rings is 1. The largest absolute Gasteiger partial charge is 0.361 e. The van der Waals surface area contributed by atoms with Crippen LogP contribution in [0.1, 0.15) is 37.4 Å². The fourth-order valence-corrected chi connectivity index (χ4v) is 3.52. The lowest BCUT2D eigenvalue weighted by Gasteiger charge is -2.33. The van der Waals surface area contributed by atoms with E-state index in [1.165, 1.54) is 31.5 Å². The summed E-state index contributed by atoms with van der Waals surface area (Å²) in [6.45, 7) is 3.17. The molecule has 2 fully saturated rings. The zero-order chi connectivity index (χ0) is 16.5. The zero-order valence-corrected chi connectivity index (χ0v) is 14.6. The molecule has 2 aliphatic rings. The number of nitrogens with zero attached hydrogens (tertiary/aromatic N) is 6. The van der Waals surface area contributed by atoms with Crippen LogP contribution in [0.5, 0.6) is 0 Å². The van der Waals surface area contributed by atoms with Crippen molar-refractivity contribution in [2.24, 2.45) is 5.92 Å². The summed E-state index contributed by atoms with van der Waals surface area (Å²) in [4.78, 5) is 18.2. The maximum Gasteiger partial charge on any atom is 0.149 e. The Morgan fingerprint density at radius 2 is 2.08 bits per heavy atom. The zero-order valence-electron chi connectivity index (χ0n) is 14.6. The van der Waals surface area contributed by atoms with E-state index in [0.29, 0.717) is 5.92 Å². The lowest BCUT2D eigenvalue weighted by atomic mass is 9.97. The maximum atomic E-state index is 4.75. The first kappa shape index (κ1) is 15.4. The van der Waals surface area contributed by atoms with Gasteiger partial charge in [-0.2, -0.15) is 0 Å². The quantitative estimate of drug-likeness (QED) is 0.845. The highest BCUT2D eigenvalue weighted by Gasteiger charge is 2.28. The molecule has 128 valence electrons. The Labute approximate surface area is 143 Å². The van der Waals surface area contributed by atoms with Crippen LogP contribution in [0.4, 0.5) is 11.6 Å². The van der Waals surface area contributed by atoms with Gasteiger partial charge < -0.3 is 14.4 Å². The maximum absolute atomic E-state index is 4.75. The summed E-state index contributed by atoms with van der Waals surface area (Å²) in [6.07, 6.45) is 12.9. The predicted octanol–water partition coefficient (Wildman–Crippen LogP) is 2.53. The summed E-state index contributed by atoms with van der Waals surface area (Å²) >= 11 is 0. The Kier molecular flexibility index (Phi) is 4.12. The van der Waals surface area contributed by atoms with Crippen LogP contribution >= 0.6 is 0 Å². The lowest BCUT2D eigenvalue weighted by Crippen LogP contribution is -2.36. The van der Waals surface area contributed by atoms with Crippen molar-refractivity contribution < 1.29 is 0 Å². The number of hydrogen-bond acceptors (Lipinski definition) is 5. The van der Waals surface area contributed by atoms with E-state index in [9.17, 15) is 0 Å². The van der Waals surface area contributed by atoms with Crippen molar-refractivity contribution in [1.82, 2.24) is 19.5 Å². The molecular weight excluding hydrogens is 300 g/mol. The van der Waals surface area contributed by atoms with Crippen molar-refractivity contribution >= 4 is 11.6 Å². The number of anilines is 2. The molecular formula is C18H26N6. The first-order valence-electron chi connectivity index (χ1n) is 8.96. The SMILES string of the molecule is CN(C)c1cncc(N2CCC[C@H](c3nccn3CC3CC3)C2)n1. The molecule has 1 aliphatic heterocycles. The van der Waals surface area contributed by atoms with Crippen molar-refractivity contribution in [2.75, 3.05) is 37.0 Å². The summed E-state index contributed by atoms with van der Waals surface area (Å²) in [5.74, 6) is 4.50. The molecule has 0 aromatic carbocycles. The molecule has 0 spiro atoms. The molecule has 4 rings (SSSR count). The number of imidazole rings is 1. The smallest absolute Gasteiger partial charge is 0.149 e. The number of aromatic nitrogens is 4. The van der Waals surface area contributed by atoms with Crippen molar-refractivity contribution in [2.45, 2.75) is 38.1 Å². The van der Waals surface area contributed by atoms with Crippen LogP contribution in [0.25, 0.3) is 0 Å². The predicted molar refractivity (Wildman–Crippen MR) is 95.5 cm³/mol. The molecule has 1 aliphatic carbocycles. The molecule has 1 saturated heterocycles. The Morgan fingerprint density at radius 1 is 1.21 bits per heavy atom. The molecule has 2 aromatic rings. The number of hydrogen-bond donors (Lipinski definition) is 0. The Hall–Kier alpha value is -2.11. The van der Waals surface area contributed by atoms with Crippen LogP contribution in [0, 0.1) is 5.92 Å². The fraction of sp³-hybridized carbons (Fsp3) is 0.611. The van der Waals surface area contributed by atoms with Gasteiger partial charge in [-0.05, 0) is 31.6 Å². The van der Waals surface area contributed by atoms with Gasteiger partial charge in [0.05, 0.1) is 12.4 Å². The van der Waals surface area contributed by atoms with Gasteiger partial charge in [0, 0.05) is 52.0 Å². The minimum absolute atomic E-state index is 0.484. The van der Waals surface area contributed by atoms with Gasteiger partial charge in [-0.15, -0.1) is 0 Å². The molecule has 1 saturated carbocycles. The molecule has 6 nitrogen and oxygen atoms in total. The summed E-state index contributed by atoms with van der Waals surface area (Å²) < 4.78 is 2.38. The highest BCUT2D eigenvalue weighted by molar-refractivity contribution is 5.45. The molecule has 0 bridgehead atoms.